The summed E-state index contributed by atoms with van der Waals surface area (Å²) >= 11 is 0. The highest BCUT2D eigenvalue weighted by molar-refractivity contribution is 5.73. The molecule has 2 aromatic rings. The lowest BCUT2D eigenvalue weighted by atomic mass is 10.2. The number of nitrogens with zero attached hydrogens (tertiary/aromatic N) is 3. The monoisotopic (exact) mass is 341 g/mol. The molecule has 0 aliphatic rings. The van der Waals surface area contributed by atoms with E-state index in [4.69, 9.17) is 0 Å². The van der Waals surface area contributed by atoms with E-state index in [-0.39, 0.29) is 17.3 Å². The molecule has 1 aromatic carbocycles. The smallest absolute Gasteiger partial charge is 0.364 e. The van der Waals surface area contributed by atoms with Crippen LogP contribution in [0.4, 0.5) is 36.2 Å². The second-order valence-electron chi connectivity index (χ2n) is 4.81. The van der Waals surface area contributed by atoms with E-state index in [9.17, 15) is 23.3 Å². The van der Waals surface area contributed by atoms with Gasteiger partial charge in [-0.3, -0.25) is 10.1 Å². The molecule has 0 aliphatic heterocycles. The van der Waals surface area contributed by atoms with E-state index in [1.807, 2.05) is 6.92 Å². The minimum absolute atomic E-state index is 0.00586. The van der Waals surface area contributed by atoms with Gasteiger partial charge in [0, 0.05) is 12.2 Å². The van der Waals surface area contributed by atoms with Crippen molar-refractivity contribution >= 4 is 23.0 Å². The number of benzene rings is 1. The molecule has 2 N–H and O–H groups in total. The molecule has 0 spiro atoms. The fourth-order valence-electron chi connectivity index (χ4n) is 1.93. The fraction of sp³-hybridized carbons (Fsp3) is 0.286. The van der Waals surface area contributed by atoms with Crippen LogP contribution in [0.1, 0.15) is 18.9 Å². The van der Waals surface area contributed by atoms with Crippen LogP contribution >= 0.6 is 0 Å². The molecular weight excluding hydrogens is 327 g/mol. The molecule has 0 saturated carbocycles. The summed E-state index contributed by atoms with van der Waals surface area (Å²) in [4.78, 5) is 18.2. The Morgan fingerprint density at radius 2 is 1.96 bits per heavy atom. The number of hydrogen-bond acceptors (Lipinski definition) is 6. The molecule has 7 nitrogen and oxygen atoms in total. The zero-order valence-electron chi connectivity index (χ0n) is 12.6. The molecule has 0 radical (unpaired) electrons. The minimum atomic E-state index is -4.51. The maximum atomic E-state index is 12.7. The molecule has 1 aromatic heterocycles. The van der Waals surface area contributed by atoms with Gasteiger partial charge in [-0.15, -0.1) is 0 Å². The van der Waals surface area contributed by atoms with Gasteiger partial charge < -0.3 is 10.6 Å². The van der Waals surface area contributed by atoms with Crippen molar-refractivity contribution in [2.75, 3.05) is 17.2 Å². The first-order valence-corrected chi connectivity index (χ1v) is 7.00. The van der Waals surface area contributed by atoms with E-state index in [0.717, 1.165) is 24.9 Å². The van der Waals surface area contributed by atoms with Gasteiger partial charge in [-0.2, -0.15) is 13.2 Å². The summed E-state index contributed by atoms with van der Waals surface area (Å²) in [6.45, 7) is 2.34. The van der Waals surface area contributed by atoms with Crippen LogP contribution in [-0.2, 0) is 6.18 Å². The highest BCUT2D eigenvalue weighted by Crippen LogP contribution is 2.34. The van der Waals surface area contributed by atoms with Crippen molar-refractivity contribution < 1.29 is 18.1 Å². The van der Waals surface area contributed by atoms with Gasteiger partial charge in [0.1, 0.15) is 6.33 Å². The Morgan fingerprint density at radius 3 is 2.58 bits per heavy atom. The number of alkyl halides is 3. The van der Waals surface area contributed by atoms with Crippen molar-refractivity contribution in [2.24, 2.45) is 0 Å². The lowest BCUT2D eigenvalue weighted by Crippen LogP contribution is -2.09. The Kier molecular flexibility index (Phi) is 5.17. The molecule has 10 heteroatoms. The van der Waals surface area contributed by atoms with Crippen molar-refractivity contribution in [3.63, 3.8) is 0 Å². The minimum Gasteiger partial charge on any atom is -0.364 e. The molecule has 1 heterocycles. The van der Waals surface area contributed by atoms with Crippen molar-refractivity contribution in [2.45, 2.75) is 19.5 Å². The molecule has 0 unspecified atom stereocenters. The van der Waals surface area contributed by atoms with Crippen LogP contribution in [0.3, 0.4) is 0 Å². The Bertz CT molecular complexity index is 737. The van der Waals surface area contributed by atoms with Gasteiger partial charge in [0.15, 0.2) is 0 Å². The number of anilines is 3. The predicted octanol–water partition coefficient (Wildman–Crippen LogP) is 3.97. The van der Waals surface area contributed by atoms with E-state index in [2.05, 4.69) is 20.6 Å². The Hall–Kier alpha value is -2.91. The summed E-state index contributed by atoms with van der Waals surface area (Å²) in [6.07, 6.45) is -2.69. The quantitative estimate of drug-likeness (QED) is 0.610. The lowest BCUT2D eigenvalue weighted by Gasteiger charge is -2.11. The molecule has 0 bridgehead atoms. The highest BCUT2D eigenvalue weighted by atomic mass is 19.4. The van der Waals surface area contributed by atoms with Crippen LogP contribution in [-0.4, -0.2) is 21.4 Å². The average Bonchev–Trinajstić information content (AvgIpc) is 2.52. The zero-order valence-corrected chi connectivity index (χ0v) is 12.6. The van der Waals surface area contributed by atoms with Crippen molar-refractivity contribution in [3.8, 4) is 0 Å². The molecule has 0 fully saturated rings. The van der Waals surface area contributed by atoms with E-state index in [1.165, 1.54) is 12.1 Å². The van der Waals surface area contributed by atoms with Gasteiger partial charge in [-0.1, -0.05) is 13.0 Å². The second kappa shape index (κ2) is 7.11. The molecule has 0 aliphatic carbocycles. The number of nitro groups is 1. The molecular formula is C14H14F3N5O2. The highest BCUT2D eigenvalue weighted by Gasteiger charge is 2.30. The Morgan fingerprint density at radius 1 is 1.25 bits per heavy atom. The fourth-order valence-corrected chi connectivity index (χ4v) is 1.93. The largest absolute Gasteiger partial charge is 0.416 e. The first kappa shape index (κ1) is 17.4. The average molecular weight is 341 g/mol. The first-order chi connectivity index (χ1) is 11.3. The Labute approximate surface area is 135 Å². The predicted molar refractivity (Wildman–Crippen MR) is 82.2 cm³/mol. The van der Waals surface area contributed by atoms with Crippen molar-refractivity contribution in [1.29, 1.82) is 0 Å². The van der Waals surface area contributed by atoms with E-state index < -0.39 is 22.4 Å². The summed E-state index contributed by atoms with van der Waals surface area (Å²) in [6, 6.07) is 4.33. The van der Waals surface area contributed by atoms with Crippen LogP contribution in [0, 0.1) is 10.1 Å². The normalized spacial score (nSPS) is 11.2. The standard InChI is InChI=1S/C14H14F3N5O2/c1-2-6-18-12-11(22(23)24)13(20-8-19-12)21-10-5-3-4-9(7-10)14(15,16)17/h3-5,7-8H,2,6H2,1H3,(H2,18,19,20,21). The number of rotatable bonds is 6. The van der Waals surface area contributed by atoms with Gasteiger partial charge >= 0.3 is 11.9 Å². The molecule has 128 valence electrons. The van der Waals surface area contributed by atoms with Crippen molar-refractivity contribution in [3.05, 3.63) is 46.3 Å². The van der Waals surface area contributed by atoms with E-state index in [1.54, 1.807) is 0 Å². The summed E-state index contributed by atoms with van der Waals surface area (Å²) in [5.41, 5.74) is -1.26. The third-order valence-corrected chi connectivity index (χ3v) is 3.00. The third kappa shape index (κ3) is 4.09. The topological polar surface area (TPSA) is 93.0 Å². The molecule has 0 saturated heterocycles. The molecule has 24 heavy (non-hydrogen) atoms. The summed E-state index contributed by atoms with van der Waals surface area (Å²) in [7, 11) is 0. The number of hydrogen-bond donors (Lipinski definition) is 2. The van der Waals surface area contributed by atoms with Gasteiger partial charge in [0.25, 0.3) is 0 Å². The maximum absolute atomic E-state index is 12.7. The van der Waals surface area contributed by atoms with Crippen LogP contribution in [0.25, 0.3) is 0 Å². The second-order valence-corrected chi connectivity index (χ2v) is 4.81. The summed E-state index contributed by atoms with van der Waals surface area (Å²) in [5, 5.41) is 16.6. The SMILES string of the molecule is CCCNc1ncnc(Nc2cccc(C(F)(F)F)c2)c1[N+](=O)[O-]. The number of aromatic nitrogens is 2. The third-order valence-electron chi connectivity index (χ3n) is 3.00. The maximum Gasteiger partial charge on any atom is 0.416 e. The summed E-state index contributed by atoms with van der Waals surface area (Å²) < 4.78 is 38.2. The van der Waals surface area contributed by atoms with Crippen LogP contribution in [0.2, 0.25) is 0 Å². The van der Waals surface area contributed by atoms with Crippen LogP contribution < -0.4 is 10.6 Å². The number of nitrogens with one attached hydrogen (secondary N) is 2. The first-order valence-electron chi connectivity index (χ1n) is 7.00. The number of halogens is 3. The summed E-state index contributed by atoms with van der Waals surface area (Å²) in [5.74, 6) is -0.181. The van der Waals surface area contributed by atoms with Crippen LogP contribution in [0.5, 0.6) is 0 Å². The van der Waals surface area contributed by atoms with Crippen LogP contribution in [0.15, 0.2) is 30.6 Å². The van der Waals surface area contributed by atoms with Crippen molar-refractivity contribution in [1.82, 2.24) is 9.97 Å². The van der Waals surface area contributed by atoms with Gasteiger partial charge in [-0.05, 0) is 24.6 Å². The molecule has 2 rings (SSSR count). The molecule has 0 amide bonds. The van der Waals surface area contributed by atoms with Gasteiger partial charge in [0.2, 0.25) is 11.6 Å². The van der Waals surface area contributed by atoms with E-state index >= 15 is 0 Å². The Balaban J connectivity index is 2.37. The zero-order chi connectivity index (χ0) is 17.7. The molecule has 0 atom stereocenters. The van der Waals surface area contributed by atoms with E-state index in [0.29, 0.717) is 6.54 Å². The van der Waals surface area contributed by atoms with Gasteiger partial charge in [-0.25, -0.2) is 9.97 Å². The van der Waals surface area contributed by atoms with Gasteiger partial charge in [0.05, 0.1) is 10.5 Å². The lowest BCUT2D eigenvalue weighted by molar-refractivity contribution is -0.383.